The largest absolute Gasteiger partial charge is 0.497 e. The highest BCUT2D eigenvalue weighted by Gasteiger charge is 2.25. The zero-order valence-electron chi connectivity index (χ0n) is 11.1. The molecule has 0 saturated carbocycles. The quantitative estimate of drug-likeness (QED) is 0.824. The number of hydrogen-bond donors (Lipinski definition) is 2. The first-order chi connectivity index (χ1) is 8.76. The zero-order chi connectivity index (χ0) is 13.0. The Balaban J connectivity index is 2.12. The minimum atomic E-state index is 0.465. The van der Waals surface area contributed by atoms with E-state index in [1.54, 1.807) is 14.2 Å². The van der Waals surface area contributed by atoms with E-state index in [1.165, 1.54) is 12.0 Å². The maximum Gasteiger partial charge on any atom is 0.122 e. The summed E-state index contributed by atoms with van der Waals surface area (Å²) in [6.07, 6.45) is 2.14. The van der Waals surface area contributed by atoms with Crippen molar-refractivity contribution in [2.45, 2.75) is 18.9 Å². The fourth-order valence-corrected chi connectivity index (χ4v) is 2.58. The van der Waals surface area contributed by atoms with Crippen LogP contribution in [0.3, 0.4) is 0 Å². The molecule has 0 aromatic heterocycles. The van der Waals surface area contributed by atoms with Crippen LogP contribution in [-0.2, 0) is 6.42 Å². The number of nitrogens with one attached hydrogen (secondary N) is 1. The van der Waals surface area contributed by atoms with E-state index in [-0.39, 0.29) is 0 Å². The highest BCUT2D eigenvalue weighted by Crippen LogP contribution is 2.25. The van der Waals surface area contributed by atoms with Crippen molar-refractivity contribution in [3.8, 4) is 11.5 Å². The normalized spacial score (nSPS) is 23.1. The van der Waals surface area contributed by atoms with Crippen LogP contribution in [0, 0.1) is 5.92 Å². The fourth-order valence-electron chi connectivity index (χ4n) is 2.58. The van der Waals surface area contributed by atoms with E-state index in [0.717, 1.165) is 31.0 Å². The highest BCUT2D eigenvalue weighted by atomic mass is 16.5. The van der Waals surface area contributed by atoms with E-state index in [0.29, 0.717) is 12.0 Å². The summed E-state index contributed by atoms with van der Waals surface area (Å²) in [7, 11) is 3.35. The Bertz CT molecular complexity index is 373. The molecule has 1 aromatic carbocycles. The summed E-state index contributed by atoms with van der Waals surface area (Å²) < 4.78 is 10.6. The first-order valence-electron chi connectivity index (χ1n) is 6.42. The average molecular weight is 250 g/mol. The van der Waals surface area contributed by atoms with Crippen LogP contribution < -0.4 is 20.5 Å². The van der Waals surface area contributed by atoms with Crippen molar-refractivity contribution in [2.75, 3.05) is 27.3 Å². The van der Waals surface area contributed by atoms with E-state index < -0.39 is 0 Å². The molecule has 2 unspecified atom stereocenters. The van der Waals surface area contributed by atoms with E-state index in [4.69, 9.17) is 15.2 Å². The van der Waals surface area contributed by atoms with Crippen LogP contribution in [0.5, 0.6) is 11.5 Å². The molecule has 4 nitrogen and oxygen atoms in total. The van der Waals surface area contributed by atoms with Crippen LogP contribution in [-0.4, -0.2) is 33.4 Å². The first-order valence-corrected chi connectivity index (χ1v) is 6.42. The predicted molar refractivity (Wildman–Crippen MR) is 72.2 cm³/mol. The average Bonchev–Trinajstić information content (AvgIpc) is 2.85. The zero-order valence-corrected chi connectivity index (χ0v) is 11.1. The van der Waals surface area contributed by atoms with Gasteiger partial charge >= 0.3 is 0 Å². The third-order valence-electron chi connectivity index (χ3n) is 3.66. The summed E-state index contributed by atoms with van der Waals surface area (Å²) in [5, 5.41) is 3.52. The van der Waals surface area contributed by atoms with Crippen molar-refractivity contribution in [1.29, 1.82) is 0 Å². The molecule has 1 aliphatic rings. The lowest BCUT2D eigenvalue weighted by atomic mass is 9.94. The monoisotopic (exact) mass is 250 g/mol. The molecule has 18 heavy (non-hydrogen) atoms. The highest BCUT2D eigenvalue weighted by molar-refractivity contribution is 5.38. The second kappa shape index (κ2) is 6.07. The molecule has 1 fully saturated rings. The molecule has 0 aliphatic carbocycles. The lowest BCUT2D eigenvalue weighted by molar-refractivity contribution is 0.391. The lowest BCUT2D eigenvalue weighted by Crippen LogP contribution is -2.33. The van der Waals surface area contributed by atoms with E-state index in [1.807, 2.05) is 6.07 Å². The summed E-state index contributed by atoms with van der Waals surface area (Å²) in [6.45, 7) is 1.81. The Labute approximate surface area is 108 Å². The van der Waals surface area contributed by atoms with Crippen molar-refractivity contribution in [3.05, 3.63) is 23.8 Å². The van der Waals surface area contributed by atoms with Gasteiger partial charge in [0.25, 0.3) is 0 Å². The Kier molecular flexibility index (Phi) is 4.44. The van der Waals surface area contributed by atoms with E-state index in [2.05, 4.69) is 17.4 Å². The lowest BCUT2D eigenvalue weighted by Gasteiger charge is -2.18. The number of hydrogen-bond acceptors (Lipinski definition) is 4. The van der Waals surface area contributed by atoms with Crippen LogP contribution in [0.2, 0.25) is 0 Å². The molecule has 1 aromatic rings. The summed E-state index contributed by atoms with van der Waals surface area (Å²) >= 11 is 0. The second-order valence-corrected chi connectivity index (χ2v) is 4.77. The third-order valence-corrected chi connectivity index (χ3v) is 3.66. The molecular formula is C14H22N2O2. The molecule has 0 amide bonds. The minimum Gasteiger partial charge on any atom is -0.497 e. The number of methoxy groups -OCH3 is 2. The van der Waals surface area contributed by atoms with Crippen molar-refractivity contribution in [1.82, 2.24) is 5.32 Å². The first kappa shape index (κ1) is 13.2. The molecule has 3 N–H and O–H groups in total. The number of nitrogens with two attached hydrogens (primary N) is 1. The molecule has 0 bridgehead atoms. The molecule has 1 saturated heterocycles. The molecular weight excluding hydrogens is 228 g/mol. The van der Waals surface area contributed by atoms with Crippen LogP contribution in [0.15, 0.2) is 18.2 Å². The third kappa shape index (κ3) is 2.94. The second-order valence-electron chi connectivity index (χ2n) is 4.77. The van der Waals surface area contributed by atoms with Crippen molar-refractivity contribution in [2.24, 2.45) is 11.7 Å². The SMILES string of the molecule is COc1cc(CC2NCCC2CN)cc(OC)c1. The van der Waals surface area contributed by atoms with Crippen LogP contribution in [0.1, 0.15) is 12.0 Å². The molecule has 100 valence electrons. The predicted octanol–water partition coefficient (Wildman–Crippen LogP) is 1.18. The Morgan fingerprint density at radius 3 is 2.44 bits per heavy atom. The topological polar surface area (TPSA) is 56.5 Å². The van der Waals surface area contributed by atoms with Gasteiger partial charge in [0, 0.05) is 12.1 Å². The van der Waals surface area contributed by atoms with Gasteiger partial charge < -0.3 is 20.5 Å². The van der Waals surface area contributed by atoms with Gasteiger partial charge in [0.2, 0.25) is 0 Å². The maximum absolute atomic E-state index is 5.80. The number of benzene rings is 1. The number of rotatable bonds is 5. The summed E-state index contributed by atoms with van der Waals surface area (Å²) in [5.74, 6) is 2.25. The van der Waals surface area contributed by atoms with Crippen LogP contribution in [0.25, 0.3) is 0 Å². The van der Waals surface area contributed by atoms with Gasteiger partial charge in [-0.25, -0.2) is 0 Å². The molecule has 2 rings (SSSR count). The van der Waals surface area contributed by atoms with Gasteiger partial charge in [-0.3, -0.25) is 0 Å². The molecule has 0 spiro atoms. The minimum absolute atomic E-state index is 0.465. The number of ether oxygens (including phenoxy) is 2. The smallest absolute Gasteiger partial charge is 0.122 e. The van der Waals surface area contributed by atoms with Crippen molar-refractivity contribution < 1.29 is 9.47 Å². The van der Waals surface area contributed by atoms with Gasteiger partial charge in [0.05, 0.1) is 14.2 Å². The van der Waals surface area contributed by atoms with Gasteiger partial charge in [-0.05, 0) is 49.5 Å². The van der Waals surface area contributed by atoms with Crippen molar-refractivity contribution >= 4 is 0 Å². The Morgan fingerprint density at radius 2 is 1.89 bits per heavy atom. The van der Waals surface area contributed by atoms with Gasteiger partial charge in [0.1, 0.15) is 11.5 Å². The summed E-state index contributed by atoms with van der Waals surface area (Å²) in [6, 6.07) is 6.49. The van der Waals surface area contributed by atoms with Gasteiger partial charge in [-0.15, -0.1) is 0 Å². The summed E-state index contributed by atoms with van der Waals surface area (Å²) in [4.78, 5) is 0. The molecule has 0 radical (unpaired) electrons. The van der Waals surface area contributed by atoms with E-state index in [9.17, 15) is 0 Å². The van der Waals surface area contributed by atoms with Crippen molar-refractivity contribution in [3.63, 3.8) is 0 Å². The molecule has 2 atom stereocenters. The van der Waals surface area contributed by atoms with Crippen LogP contribution >= 0.6 is 0 Å². The standard InChI is InChI=1S/C14H22N2O2/c1-17-12-5-10(6-13(8-12)18-2)7-14-11(9-15)3-4-16-14/h5-6,8,11,14,16H,3-4,7,9,15H2,1-2H3. The van der Waals surface area contributed by atoms with Gasteiger partial charge in [-0.1, -0.05) is 0 Å². The fraction of sp³-hybridized carbons (Fsp3) is 0.571. The van der Waals surface area contributed by atoms with Gasteiger partial charge in [0.15, 0.2) is 0 Å². The Hall–Kier alpha value is -1.26. The molecule has 4 heteroatoms. The molecule has 1 heterocycles. The Morgan fingerprint density at radius 1 is 1.22 bits per heavy atom. The van der Waals surface area contributed by atoms with Crippen LogP contribution in [0.4, 0.5) is 0 Å². The molecule has 1 aliphatic heterocycles. The van der Waals surface area contributed by atoms with Gasteiger partial charge in [-0.2, -0.15) is 0 Å². The van der Waals surface area contributed by atoms with E-state index >= 15 is 0 Å². The summed E-state index contributed by atoms with van der Waals surface area (Å²) in [5.41, 5.74) is 7.03. The maximum atomic E-state index is 5.80.